The fourth-order valence-corrected chi connectivity index (χ4v) is 4.23. The number of aliphatic hydroxyl groups is 1. The largest absolute Gasteiger partial charge is 0.393 e. The maximum absolute atomic E-state index is 11.4. The van der Waals surface area contributed by atoms with Crippen LogP contribution in [0.15, 0.2) is 0 Å². The van der Waals surface area contributed by atoms with E-state index in [9.17, 15) is 18.1 Å². The number of hydrogen-bond acceptors (Lipinski definition) is 3. The Labute approximate surface area is 156 Å². The molecule has 0 heterocycles. The van der Waals surface area contributed by atoms with Crippen molar-refractivity contribution in [1.82, 2.24) is 0 Å². The highest BCUT2D eigenvalue weighted by molar-refractivity contribution is 7.86. The zero-order chi connectivity index (χ0) is 19.0. The Bertz CT molecular complexity index is 381. The van der Waals surface area contributed by atoms with E-state index in [1.54, 1.807) is 0 Å². The van der Waals surface area contributed by atoms with Gasteiger partial charge in [0.25, 0.3) is 10.1 Å². The van der Waals surface area contributed by atoms with Gasteiger partial charge in [0.2, 0.25) is 0 Å². The summed E-state index contributed by atoms with van der Waals surface area (Å²) in [5.41, 5.74) is 0. The molecule has 0 rings (SSSR count). The quantitative estimate of drug-likeness (QED) is 0.230. The molecule has 0 bridgehead atoms. The zero-order valence-electron chi connectivity index (χ0n) is 16.6. The fraction of sp³-hybridized carbons (Fsp3) is 1.00. The highest BCUT2D eigenvalue weighted by Crippen LogP contribution is 2.19. The van der Waals surface area contributed by atoms with Crippen molar-refractivity contribution in [2.24, 2.45) is 0 Å². The average molecular weight is 379 g/mol. The number of aliphatic hydroxyl groups excluding tert-OH is 1. The fourth-order valence-electron chi connectivity index (χ4n) is 3.30. The van der Waals surface area contributed by atoms with E-state index in [0.29, 0.717) is 12.8 Å². The zero-order valence-corrected chi connectivity index (χ0v) is 17.4. The van der Waals surface area contributed by atoms with Gasteiger partial charge in [0.15, 0.2) is 0 Å². The van der Waals surface area contributed by atoms with Gasteiger partial charge in [0.1, 0.15) is 0 Å². The third kappa shape index (κ3) is 15.8. The van der Waals surface area contributed by atoms with Crippen LogP contribution in [0, 0.1) is 0 Å². The highest BCUT2D eigenvalue weighted by atomic mass is 32.2. The maximum Gasteiger partial charge on any atom is 0.267 e. The number of hydrogen-bond donors (Lipinski definition) is 2. The van der Waals surface area contributed by atoms with Gasteiger partial charge in [0.05, 0.1) is 11.4 Å². The molecule has 2 unspecified atom stereocenters. The van der Waals surface area contributed by atoms with Gasteiger partial charge in [-0.2, -0.15) is 8.42 Å². The summed E-state index contributed by atoms with van der Waals surface area (Å²) in [6, 6.07) is 0. The van der Waals surface area contributed by atoms with Crippen LogP contribution in [-0.2, 0) is 10.1 Å². The summed E-state index contributed by atoms with van der Waals surface area (Å²) in [5, 5.41) is 9.40. The molecule has 0 aliphatic carbocycles. The van der Waals surface area contributed by atoms with Crippen LogP contribution in [-0.4, -0.2) is 29.4 Å². The lowest BCUT2D eigenvalue weighted by molar-refractivity contribution is 0.147. The molecule has 152 valence electrons. The van der Waals surface area contributed by atoms with E-state index in [1.165, 1.54) is 38.5 Å². The summed E-state index contributed by atoms with van der Waals surface area (Å²) >= 11 is 0. The Kier molecular flexibility index (Phi) is 16.0. The second kappa shape index (κ2) is 16.1. The summed E-state index contributed by atoms with van der Waals surface area (Å²) < 4.78 is 32.2. The molecule has 0 aromatic rings. The van der Waals surface area contributed by atoms with Crippen molar-refractivity contribution in [1.29, 1.82) is 0 Å². The molecule has 0 saturated carbocycles. The molecule has 0 aromatic carbocycles. The maximum atomic E-state index is 11.4. The van der Waals surface area contributed by atoms with Crippen LogP contribution in [0.4, 0.5) is 0 Å². The highest BCUT2D eigenvalue weighted by Gasteiger charge is 2.21. The smallest absolute Gasteiger partial charge is 0.267 e. The summed E-state index contributed by atoms with van der Waals surface area (Å²) in [6.07, 6.45) is 15.6. The van der Waals surface area contributed by atoms with Gasteiger partial charge in [-0.3, -0.25) is 4.55 Å². The van der Waals surface area contributed by atoms with E-state index < -0.39 is 15.4 Å². The molecule has 0 aromatic heterocycles. The predicted molar refractivity (Wildman–Crippen MR) is 107 cm³/mol. The van der Waals surface area contributed by atoms with Crippen molar-refractivity contribution in [2.75, 3.05) is 0 Å². The van der Waals surface area contributed by atoms with Crippen molar-refractivity contribution in [3.05, 3.63) is 0 Å². The van der Waals surface area contributed by atoms with E-state index in [-0.39, 0.29) is 6.10 Å². The summed E-state index contributed by atoms with van der Waals surface area (Å²) in [7, 11) is -3.94. The Morgan fingerprint density at radius 2 is 1.00 bits per heavy atom. The van der Waals surface area contributed by atoms with Crippen LogP contribution in [0.5, 0.6) is 0 Å². The molecule has 0 amide bonds. The SMILES string of the molecule is CCCCCCCCCC(O)CCCCC(CCCCC)S(=O)(=O)O. The molecule has 5 heteroatoms. The van der Waals surface area contributed by atoms with Crippen molar-refractivity contribution in [3.63, 3.8) is 0 Å². The van der Waals surface area contributed by atoms with Crippen LogP contribution < -0.4 is 0 Å². The van der Waals surface area contributed by atoms with Crippen LogP contribution >= 0.6 is 0 Å². The lowest BCUT2D eigenvalue weighted by Crippen LogP contribution is -2.20. The summed E-state index contributed by atoms with van der Waals surface area (Å²) in [6.45, 7) is 4.30. The molecule has 0 radical (unpaired) electrons. The molecule has 4 nitrogen and oxygen atoms in total. The molecule has 0 spiro atoms. The predicted octanol–water partition coefficient (Wildman–Crippen LogP) is 5.89. The second-order valence-corrected chi connectivity index (χ2v) is 9.18. The van der Waals surface area contributed by atoms with E-state index in [1.807, 2.05) is 0 Å². The molecule has 0 saturated heterocycles. The van der Waals surface area contributed by atoms with Gasteiger partial charge in [-0.15, -0.1) is 0 Å². The first-order valence-electron chi connectivity index (χ1n) is 10.6. The molecule has 0 fully saturated rings. The van der Waals surface area contributed by atoms with Gasteiger partial charge >= 0.3 is 0 Å². The van der Waals surface area contributed by atoms with Gasteiger partial charge < -0.3 is 5.11 Å². The molecule has 2 atom stereocenters. The minimum Gasteiger partial charge on any atom is -0.393 e. The first-order chi connectivity index (χ1) is 11.9. The minimum absolute atomic E-state index is 0.264. The van der Waals surface area contributed by atoms with E-state index >= 15 is 0 Å². The molecule has 0 aliphatic rings. The van der Waals surface area contributed by atoms with Crippen LogP contribution in [0.3, 0.4) is 0 Å². The van der Waals surface area contributed by atoms with Crippen LogP contribution in [0.1, 0.15) is 117 Å². The lowest BCUT2D eigenvalue weighted by Gasteiger charge is -2.14. The van der Waals surface area contributed by atoms with Gasteiger partial charge in [-0.25, -0.2) is 0 Å². The normalized spacial score (nSPS) is 14.6. The molecule has 2 N–H and O–H groups in total. The third-order valence-electron chi connectivity index (χ3n) is 5.01. The van der Waals surface area contributed by atoms with Crippen LogP contribution in [0.2, 0.25) is 0 Å². The number of unbranched alkanes of at least 4 members (excludes halogenated alkanes) is 9. The molecular formula is C20H42O4S. The Hall–Kier alpha value is -0.130. The van der Waals surface area contributed by atoms with E-state index in [2.05, 4.69) is 13.8 Å². The number of rotatable bonds is 18. The van der Waals surface area contributed by atoms with E-state index in [4.69, 9.17) is 0 Å². The minimum atomic E-state index is -3.94. The third-order valence-corrected chi connectivity index (χ3v) is 6.32. The van der Waals surface area contributed by atoms with E-state index in [0.717, 1.165) is 51.4 Å². The molecule has 0 aliphatic heterocycles. The first kappa shape index (κ1) is 24.9. The Morgan fingerprint density at radius 1 is 0.640 bits per heavy atom. The Balaban J connectivity index is 3.71. The second-order valence-electron chi connectivity index (χ2n) is 7.48. The van der Waals surface area contributed by atoms with Gasteiger partial charge in [0, 0.05) is 0 Å². The van der Waals surface area contributed by atoms with Gasteiger partial charge in [-0.05, 0) is 25.7 Å². The van der Waals surface area contributed by atoms with Gasteiger partial charge in [-0.1, -0.05) is 90.9 Å². The topological polar surface area (TPSA) is 74.6 Å². The summed E-state index contributed by atoms with van der Waals surface area (Å²) in [4.78, 5) is 0. The van der Waals surface area contributed by atoms with Crippen LogP contribution in [0.25, 0.3) is 0 Å². The Morgan fingerprint density at radius 3 is 1.52 bits per heavy atom. The first-order valence-corrected chi connectivity index (χ1v) is 12.1. The van der Waals surface area contributed by atoms with Crippen molar-refractivity contribution < 1.29 is 18.1 Å². The molecular weight excluding hydrogens is 336 g/mol. The standard InChI is InChI=1S/C20H42O4S/c1-3-5-7-8-9-10-12-15-19(21)16-13-14-18-20(25(22,23)24)17-11-6-4-2/h19-21H,3-18H2,1-2H3,(H,22,23,24). The van der Waals surface area contributed by atoms with Crippen molar-refractivity contribution in [2.45, 2.75) is 128 Å². The lowest BCUT2D eigenvalue weighted by atomic mass is 10.0. The summed E-state index contributed by atoms with van der Waals surface area (Å²) in [5.74, 6) is 0. The monoisotopic (exact) mass is 378 g/mol. The molecule has 25 heavy (non-hydrogen) atoms. The van der Waals surface area contributed by atoms with Crippen molar-refractivity contribution in [3.8, 4) is 0 Å². The van der Waals surface area contributed by atoms with Crippen molar-refractivity contribution >= 4 is 10.1 Å². The average Bonchev–Trinajstić information content (AvgIpc) is 2.55.